The molecule has 1 heterocycles. The summed E-state index contributed by atoms with van der Waals surface area (Å²) in [7, 11) is 4.18. The Balaban J connectivity index is 1.69. The fourth-order valence-corrected chi connectivity index (χ4v) is 4.04. The monoisotopic (exact) mass is 411 g/mol. The highest BCUT2D eigenvalue weighted by Gasteiger charge is 2.13. The number of nitrogens with zero attached hydrogens (tertiary/aromatic N) is 2. The lowest BCUT2D eigenvalue weighted by atomic mass is 9.90. The van der Waals surface area contributed by atoms with Crippen molar-refractivity contribution in [1.29, 1.82) is 0 Å². The van der Waals surface area contributed by atoms with Crippen LogP contribution in [0.4, 0.5) is 0 Å². The maximum atomic E-state index is 4.15. The van der Waals surface area contributed by atoms with Crippen LogP contribution in [0.3, 0.4) is 0 Å². The second-order valence-electron chi connectivity index (χ2n) is 7.72. The van der Waals surface area contributed by atoms with Crippen molar-refractivity contribution in [1.82, 2.24) is 15.3 Å². The highest BCUT2D eigenvalue weighted by atomic mass is 32.2. The van der Waals surface area contributed by atoms with E-state index in [1.807, 2.05) is 23.0 Å². The van der Waals surface area contributed by atoms with Crippen molar-refractivity contribution in [3.05, 3.63) is 83.3 Å². The summed E-state index contributed by atoms with van der Waals surface area (Å²) in [6, 6.07) is 9.29. The number of nitrogens with one attached hydrogen (secondary N) is 1. The van der Waals surface area contributed by atoms with Crippen LogP contribution >= 0.6 is 11.8 Å². The molecule has 3 nitrogen and oxygen atoms in total. The molecule has 1 aliphatic heterocycles. The van der Waals surface area contributed by atoms with E-state index in [0.29, 0.717) is 0 Å². The third-order valence-corrected chi connectivity index (χ3v) is 6.12. The summed E-state index contributed by atoms with van der Waals surface area (Å²) in [6.45, 7) is 11.2. The summed E-state index contributed by atoms with van der Waals surface area (Å²) in [5.41, 5.74) is 3.90. The van der Waals surface area contributed by atoms with Crippen molar-refractivity contribution in [3.8, 4) is 0 Å². The lowest BCUT2D eigenvalue weighted by Gasteiger charge is -2.30. The first-order valence-corrected chi connectivity index (χ1v) is 11.6. The summed E-state index contributed by atoms with van der Waals surface area (Å²) in [5, 5.41) is 11.8. The number of piperidine rings is 1. The second-order valence-corrected chi connectivity index (χ2v) is 8.53. The van der Waals surface area contributed by atoms with E-state index in [1.165, 1.54) is 43.5 Å². The van der Waals surface area contributed by atoms with Crippen LogP contribution in [0.25, 0.3) is 0 Å². The Morgan fingerprint density at radius 1 is 1.14 bits per heavy atom. The minimum Gasteiger partial charge on any atom is -0.317 e. The molecule has 0 spiro atoms. The number of hydrogen-bond donors (Lipinski definition) is 1. The first-order valence-electron chi connectivity index (χ1n) is 10.6. The largest absolute Gasteiger partial charge is 0.317 e. The fraction of sp³-hybridized carbons (Fsp3) is 0.440. The van der Waals surface area contributed by atoms with Crippen LogP contribution < -0.4 is 5.32 Å². The van der Waals surface area contributed by atoms with Gasteiger partial charge in [0.25, 0.3) is 0 Å². The van der Waals surface area contributed by atoms with Crippen LogP contribution in [0, 0.1) is 5.92 Å². The van der Waals surface area contributed by atoms with E-state index < -0.39 is 0 Å². The third kappa shape index (κ3) is 9.07. The lowest BCUT2D eigenvalue weighted by Crippen LogP contribution is -2.36. The number of benzene rings is 1. The molecule has 0 amide bonds. The van der Waals surface area contributed by atoms with Crippen LogP contribution in [-0.2, 0) is 12.8 Å². The highest BCUT2D eigenvalue weighted by molar-refractivity contribution is 8.04. The maximum absolute atomic E-state index is 4.15. The SMILES string of the molecule is C=C/C=C/S/C=C\C(=C)N(C)N(C)CCCc1ccc(CC2CCNCC2)cc1. The molecular formula is C25H37N3S. The number of hydrogen-bond acceptors (Lipinski definition) is 4. The molecular weight excluding hydrogens is 374 g/mol. The van der Waals surface area contributed by atoms with Crippen LogP contribution in [0.5, 0.6) is 0 Å². The number of allylic oxidation sites excluding steroid dienone is 3. The Bertz CT molecular complexity index is 672. The zero-order chi connectivity index (χ0) is 20.9. The number of thioether (sulfide) groups is 1. The predicted octanol–water partition coefficient (Wildman–Crippen LogP) is 5.40. The van der Waals surface area contributed by atoms with Crippen molar-refractivity contribution in [2.75, 3.05) is 33.7 Å². The fourth-order valence-electron chi connectivity index (χ4n) is 3.51. The summed E-state index contributed by atoms with van der Waals surface area (Å²) in [4.78, 5) is 0. The van der Waals surface area contributed by atoms with Gasteiger partial charge in [-0.15, -0.1) is 11.8 Å². The first kappa shape index (κ1) is 23.5. The molecule has 1 aliphatic rings. The highest BCUT2D eigenvalue weighted by Crippen LogP contribution is 2.19. The Morgan fingerprint density at radius 2 is 1.83 bits per heavy atom. The topological polar surface area (TPSA) is 18.5 Å². The Kier molecular flexibility index (Phi) is 10.9. The molecule has 0 aromatic heterocycles. The van der Waals surface area contributed by atoms with E-state index in [4.69, 9.17) is 0 Å². The molecule has 0 aliphatic carbocycles. The van der Waals surface area contributed by atoms with Gasteiger partial charge < -0.3 is 10.3 Å². The molecule has 1 saturated heterocycles. The zero-order valence-electron chi connectivity index (χ0n) is 18.1. The molecule has 0 unspecified atom stereocenters. The summed E-state index contributed by atoms with van der Waals surface area (Å²) < 4.78 is 0. The molecule has 0 radical (unpaired) electrons. The average molecular weight is 412 g/mol. The molecule has 1 aromatic carbocycles. The van der Waals surface area contributed by atoms with Crippen LogP contribution in [0.1, 0.15) is 30.4 Å². The van der Waals surface area contributed by atoms with Crippen LogP contribution in [0.15, 0.2) is 72.2 Å². The molecule has 2 rings (SSSR count). The quantitative estimate of drug-likeness (QED) is 0.366. The van der Waals surface area contributed by atoms with Gasteiger partial charge in [0.15, 0.2) is 0 Å². The number of rotatable bonds is 12. The van der Waals surface area contributed by atoms with Crippen molar-refractivity contribution in [2.45, 2.75) is 32.1 Å². The van der Waals surface area contributed by atoms with E-state index in [-0.39, 0.29) is 0 Å². The van der Waals surface area contributed by atoms with Crippen molar-refractivity contribution < 1.29 is 0 Å². The van der Waals surface area contributed by atoms with Crippen LogP contribution in [-0.4, -0.2) is 43.7 Å². The van der Waals surface area contributed by atoms with Gasteiger partial charge in [0.2, 0.25) is 0 Å². The Labute approximate surface area is 182 Å². The lowest BCUT2D eigenvalue weighted by molar-refractivity contribution is 0.0688. The molecule has 29 heavy (non-hydrogen) atoms. The van der Waals surface area contributed by atoms with E-state index in [9.17, 15) is 0 Å². The zero-order valence-corrected chi connectivity index (χ0v) is 19.0. The van der Waals surface area contributed by atoms with E-state index in [2.05, 4.69) is 66.9 Å². The van der Waals surface area contributed by atoms with Gasteiger partial charge >= 0.3 is 0 Å². The van der Waals surface area contributed by atoms with E-state index in [1.54, 1.807) is 17.8 Å². The second kappa shape index (κ2) is 13.5. The molecule has 4 heteroatoms. The number of aryl methyl sites for hydroxylation is 1. The van der Waals surface area contributed by atoms with Gasteiger partial charge in [-0.1, -0.05) is 49.6 Å². The van der Waals surface area contributed by atoms with Crippen molar-refractivity contribution in [2.24, 2.45) is 5.92 Å². The van der Waals surface area contributed by atoms with Gasteiger partial charge in [-0.3, -0.25) is 0 Å². The maximum Gasteiger partial charge on any atom is 0.0452 e. The molecule has 158 valence electrons. The average Bonchev–Trinajstić information content (AvgIpc) is 2.74. The normalized spacial score (nSPS) is 15.4. The van der Waals surface area contributed by atoms with Gasteiger partial charge in [-0.05, 0) is 79.1 Å². The minimum absolute atomic E-state index is 0.852. The van der Waals surface area contributed by atoms with Gasteiger partial charge in [-0.2, -0.15) is 0 Å². The molecule has 0 atom stereocenters. The number of likely N-dealkylation sites (N-methyl/N-ethyl adjacent to an activating group) is 1. The molecule has 1 fully saturated rings. The third-order valence-electron chi connectivity index (χ3n) is 5.51. The van der Waals surface area contributed by atoms with E-state index in [0.717, 1.165) is 31.0 Å². The Hall–Kier alpha value is -1.75. The number of hydrazine groups is 1. The van der Waals surface area contributed by atoms with Gasteiger partial charge in [0.05, 0.1) is 0 Å². The van der Waals surface area contributed by atoms with Gasteiger partial charge in [0, 0.05) is 26.3 Å². The molecule has 1 aromatic rings. The van der Waals surface area contributed by atoms with Crippen molar-refractivity contribution >= 4 is 11.8 Å². The van der Waals surface area contributed by atoms with Crippen molar-refractivity contribution in [3.63, 3.8) is 0 Å². The van der Waals surface area contributed by atoms with Gasteiger partial charge in [0.1, 0.15) is 0 Å². The standard InChI is InChI=1S/C25H37N3S/c1-5-6-19-29-20-15-22(2)28(4)27(3)18-7-8-23-9-11-24(12-10-23)21-25-13-16-26-17-14-25/h5-6,9-12,15,19-20,25-26H,1-2,7-8,13-14,16-18,21H2,3-4H3/b19-6+,20-15-. The Morgan fingerprint density at radius 3 is 2.52 bits per heavy atom. The smallest absolute Gasteiger partial charge is 0.0452 e. The molecule has 1 N–H and O–H groups in total. The molecule has 0 saturated carbocycles. The first-order chi connectivity index (χ1) is 14.1. The molecule has 0 bridgehead atoms. The van der Waals surface area contributed by atoms with Crippen LogP contribution in [0.2, 0.25) is 0 Å². The summed E-state index contributed by atoms with van der Waals surface area (Å²) in [5.74, 6) is 0.852. The van der Waals surface area contributed by atoms with E-state index >= 15 is 0 Å². The van der Waals surface area contributed by atoms with Gasteiger partial charge in [-0.25, -0.2) is 5.01 Å². The minimum atomic E-state index is 0.852. The summed E-state index contributed by atoms with van der Waals surface area (Å²) in [6.07, 6.45) is 11.8. The predicted molar refractivity (Wildman–Crippen MR) is 130 cm³/mol. The summed E-state index contributed by atoms with van der Waals surface area (Å²) >= 11 is 1.62.